The van der Waals surface area contributed by atoms with E-state index in [1.807, 2.05) is 20.1 Å². The Labute approximate surface area is 135 Å². The lowest BCUT2D eigenvalue weighted by molar-refractivity contribution is -0.147. The van der Waals surface area contributed by atoms with Gasteiger partial charge < -0.3 is 10.0 Å². The second-order valence-corrected chi connectivity index (χ2v) is 6.38. The van der Waals surface area contributed by atoms with E-state index in [1.165, 1.54) is 16.7 Å². The van der Waals surface area contributed by atoms with Crippen LogP contribution in [0.1, 0.15) is 26.7 Å². The van der Waals surface area contributed by atoms with Crippen molar-refractivity contribution in [1.29, 1.82) is 0 Å². The third kappa shape index (κ3) is 3.63. The van der Waals surface area contributed by atoms with E-state index in [9.17, 15) is 19.5 Å². The smallest absolute Gasteiger partial charge is 0.328 e. The molecule has 7 heteroatoms. The van der Waals surface area contributed by atoms with Crippen LogP contribution in [0.2, 0.25) is 0 Å². The molecule has 0 radical (unpaired) electrons. The van der Waals surface area contributed by atoms with Crippen LogP contribution in [-0.4, -0.2) is 63.5 Å². The fourth-order valence-corrected chi connectivity index (χ4v) is 3.07. The lowest BCUT2D eigenvalue weighted by Crippen LogP contribution is -2.46. The summed E-state index contributed by atoms with van der Waals surface area (Å²) in [7, 11) is 0. The molecule has 22 heavy (non-hydrogen) atoms. The topological polar surface area (TPSA) is 77.9 Å². The van der Waals surface area contributed by atoms with Crippen LogP contribution >= 0.6 is 11.8 Å². The molecule has 0 aromatic rings. The highest BCUT2D eigenvalue weighted by molar-refractivity contribution is 7.98. The number of imide groups is 1. The van der Waals surface area contributed by atoms with E-state index < -0.39 is 30.0 Å². The van der Waals surface area contributed by atoms with Gasteiger partial charge >= 0.3 is 12.0 Å². The Hall–Kier alpha value is -1.50. The summed E-state index contributed by atoms with van der Waals surface area (Å²) in [5.41, 5.74) is 0. The molecule has 3 amide bonds. The van der Waals surface area contributed by atoms with Crippen molar-refractivity contribution in [3.05, 3.63) is 12.7 Å². The minimum absolute atomic E-state index is 0.0311. The standard InChI is InChI=1S/C15H24N2O4S/c1-5-8-16-12(10(3)6-2)13(18)17(15(16)21)11(14(19)20)7-9-22-4/h5,10-12H,1,6-9H2,2-4H3,(H,19,20). The highest BCUT2D eigenvalue weighted by Gasteiger charge is 2.50. The zero-order chi connectivity index (χ0) is 16.9. The Morgan fingerprint density at radius 1 is 1.50 bits per heavy atom. The van der Waals surface area contributed by atoms with Gasteiger partial charge in [0.2, 0.25) is 0 Å². The Morgan fingerprint density at radius 2 is 2.14 bits per heavy atom. The molecule has 0 aromatic carbocycles. The lowest BCUT2D eigenvalue weighted by Gasteiger charge is -2.24. The van der Waals surface area contributed by atoms with Crippen molar-refractivity contribution >= 4 is 29.7 Å². The van der Waals surface area contributed by atoms with Crippen molar-refractivity contribution in [3.8, 4) is 0 Å². The molecule has 3 unspecified atom stereocenters. The first-order chi connectivity index (χ1) is 10.4. The number of rotatable bonds is 9. The number of hydrogen-bond donors (Lipinski definition) is 1. The molecule has 1 aliphatic heterocycles. The fourth-order valence-electron chi connectivity index (χ4n) is 2.61. The highest BCUT2D eigenvalue weighted by atomic mass is 32.2. The molecule has 1 rings (SSSR count). The third-order valence-electron chi connectivity index (χ3n) is 3.98. The maximum Gasteiger partial charge on any atom is 0.328 e. The molecule has 1 heterocycles. The highest BCUT2D eigenvalue weighted by Crippen LogP contribution is 2.28. The molecular weight excluding hydrogens is 304 g/mol. The predicted octanol–water partition coefficient (Wildman–Crippen LogP) is 2.06. The number of hydrogen-bond acceptors (Lipinski definition) is 4. The molecule has 0 aromatic heterocycles. The Kier molecular flexibility index (Phi) is 6.93. The van der Waals surface area contributed by atoms with E-state index >= 15 is 0 Å². The van der Waals surface area contributed by atoms with Gasteiger partial charge in [0.15, 0.2) is 0 Å². The molecule has 0 bridgehead atoms. The number of carboxylic acids is 1. The quantitative estimate of drug-likeness (QED) is 0.518. The van der Waals surface area contributed by atoms with Gasteiger partial charge in [0.25, 0.3) is 5.91 Å². The minimum atomic E-state index is -1.14. The first-order valence-electron chi connectivity index (χ1n) is 7.36. The number of carboxylic acid groups (broad SMARTS) is 1. The number of thioether (sulfide) groups is 1. The van der Waals surface area contributed by atoms with E-state index in [2.05, 4.69) is 6.58 Å². The molecular formula is C15H24N2O4S. The molecule has 1 N–H and O–H groups in total. The summed E-state index contributed by atoms with van der Waals surface area (Å²) in [6.07, 6.45) is 4.40. The van der Waals surface area contributed by atoms with E-state index in [1.54, 1.807) is 6.08 Å². The molecule has 124 valence electrons. The van der Waals surface area contributed by atoms with Gasteiger partial charge in [0, 0.05) is 6.54 Å². The van der Waals surface area contributed by atoms with Crippen molar-refractivity contribution in [2.45, 2.75) is 38.8 Å². The molecule has 6 nitrogen and oxygen atoms in total. The molecule has 1 saturated heterocycles. The number of urea groups is 1. The SMILES string of the molecule is C=CCN1C(=O)N(C(CCSC)C(=O)O)C(=O)C1C(C)CC. The van der Waals surface area contributed by atoms with Crippen LogP contribution in [0.5, 0.6) is 0 Å². The van der Waals surface area contributed by atoms with Gasteiger partial charge in [-0.2, -0.15) is 11.8 Å². The molecule has 0 spiro atoms. The van der Waals surface area contributed by atoms with Crippen molar-refractivity contribution in [2.75, 3.05) is 18.6 Å². The van der Waals surface area contributed by atoms with Gasteiger partial charge in [-0.1, -0.05) is 26.3 Å². The Bertz CT molecular complexity index is 455. The van der Waals surface area contributed by atoms with Gasteiger partial charge in [-0.05, 0) is 24.3 Å². The summed E-state index contributed by atoms with van der Waals surface area (Å²) in [6, 6.07) is -2.23. The second kappa shape index (κ2) is 8.22. The zero-order valence-electron chi connectivity index (χ0n) is 13.3. The third-order valence-corrected chi connectivity index (χ3v) is 4.62. The normalized spacial score (nSPS) is 21.1. The summed E-state index contributed by atoms with van der Waals surface area (Å²) < 4.78 is 0. The lowest BCUT2D eigenvalue weighted by atomic mass is 9.97. The van der Waals surface area contributed by atoms with Gasteiger partial charge in [0.1, 0.15) is 12.1 Å². The number of carbonyl (C=O) groups excluding carboxylic acids is 2. The average molecular weight is 328 g/mol. The summed E-state index contributed by atoms with van der Waals surface area (Å²) in [4.78, 5) is 39.1. The van der Waals surface area contributed by atoms with E-state index in [0.717, 1.165) is 11.3 Å². The van der Waals surface area contributed by atoms with Crippen LogP contribution in [0.25, 0.3) is 0 Å². The van der Waals surface area contributed by atoms with Crippen molar-refractivity contribution in [3.63, 3.8) is 0 Å². The number of amides is 3. The number of nitrogens with zero attached hydrogens (tertiary/aromatic N) is 2. The number of carbonyl (C=O) groups is 3. The largest absolute Gasteiger partial charge is 0.480 e. The predicted molar refractivity (Wildman–Crippen MR) is 86.8 cm³/mol. The average Bonchev–Trinajstić information content (AvgIpc) is 2.71. The van der Waals surface area contributed by atoms with Crippen LogP contribution < -0.4 is 0 Å². The van der Waals surface area contributed by atoms with Crippen LogP contribution in [0, 0.1) is 5.92 Å². The summed E-state index contributed by atoms with van der Waals surface area (Å²) in [5, 5.41) is 9.40. The molecule has 0 saturated carbocycles. The van der Waals surface area contributed by atoms with Gasteiger partial charge in [0.05, 0.1) is 0 Å². The molecule has 3 atom stereocenters. The monoisotopic (exact) mass is 328 g/mol. The van der Waals surface area contributed by atoms with Crippen LogP contribution in [0.3, 0.4) is 0 Å². The molecule has 0 aliphatic carbocycles. The van der Waals surface area contributed by atoms with Crippen LogP contribution in [-0.2, 0) is 9.59 Å². The second-order valence-electron chi connectivity index (χ2n) is 5.40. The summed E-state index contributed by atoms with van der Waals surface area (Å²) in [5.74, 6) is -1.01. The van der Waals surface area contributed by atoms with E-state index in [0.29, 0.717) is 5.75 Å². The van der Waals surface area contributed by atoms with Crippen molar-refractivity contribution in [2.24, 2.45) is 5.92 Å². The minimum Gasteiger partial charge on any atom is -0.480 e. The summed E-state index contributed by atoms with van der Waals surface area (Å²) in [6.45, 7) is 7.70. The number of aliphatic carboxylic acids is 1. The van der Waals surface area contributed by atoms with Gasteiger partial charge in [-0.25, -0.2) is 14.5 Å². The van der Waals surface area contributed by atoms with Crippen molar-refractivity contribution in [1.82, 2.24) is 9.80 Å². The first kappa shape index (κ1) is 18.5. The van der Waals surface area contributed by atoms with Crippen molar-refractivity contribution < 1.29 is 19.5 Å². The van der Waals surface area contributed by atoms with Crippen LogP contribution in [0.4, 0.5) is 4.79 Å². The van der Waals surface area contributed by atoms with Gasteiger partial charge in [-0.3, -0.25) is 4.79 Å². The zero-order valence-corrected chi connectivity index (χ0v) is 14.1. The van der Waals surface area contributed by atoms with Crippen LogP contribution in [0.15, 0.2) is 12.7 Å². The maximum atomic E-state index is 12.7. The summed E-state index contributed by atoms with van der Waals surface area (Å²) >= 11 is 1.49. The van der Waals surface area contributed by atoms with E-state index in [4.69, 9.17) is 0 Å². The van der Waals surface area contributed by atoms with E-state index in [-0.39, 0.29) is 18.9 Å². The fraction of sp³-hybridized carbons (Fsp3) is 0.667. The maximum absolute atomic E-state index is 12.7. The van der Waals surface area contributed by atoms with Gasteiger partial charge in [-0.15, -0.1) is 6.58 Å². The molecule has 1 fully saturated rings. The molecule has 1 aliphatic rings. The first-order valence-corrected chi connectivity index (χ1v) is 8.76. The Morgan fingerprint density at radius 3 is 2.59 bits per heavy atom. The Balaban J connectivity index is 3.13.